The van der Waals surface area contributed by atoms with Crippen molar-refractivity contribution in [2.75, 3.05) is 20.3 Å². The summed E-state index contributed by atoms with van der Waals surface area (Å²) < 4.78 is 4.76. The smallest absolute Gasteiger partial charge is 0.158 e. The summed E-state index contributed by atoms with van der Waals surface area (Å²) in [5.74, 6) is 0.795. The normalized spacial score (nSPS) is 12.8. The zero-order valence-corrected chi connectivity index (χ0v) is 8.71. The highest BCUT2D eigenvalue weighted by Gasteiger charge is 2.08. The van der Waals surface area contributed by atoms with Gasteiger partial charge in [0.05, 0.1) is 0 Å². The van der Waals surface area contributed by atoms with Gasteiger partial charge >= 0.3 is 0 Å². The number of methoxy groups -OCH3 is 1. The Morgan fingerprint density at radius 2 is 2.15 bits per heavy atom. The van der Waals surface area contributed by atoms with Gasteiger partial charge in [0.15, 0.2) is 5.78 Å². The molecule has 0 heterocycles. The second-order valence-electron chi connectivity index (χ2n) is 3.36. The Kier molecular flexibility index (Phi) is 7.94. The fourth-order valence-corrected chi connectivity index (χ4v) is 1.39. The molecule has 0 saturated heterocycles. The Morgan fingerprint density at radius 3 is 2.62 bits per heavy atom. The van der Waals surface area contributed by atoms with E-state index in [9.17, 15) is 4.79 Å². The van der Waals surface area contributed by atoms with Crippen molar-refractivity contribution in [2.45, 2.75) is 32.6 Å². The van der Waals surface area contributed by atoms with Crippen molar-refractivity contribution in [1.29, 1.82) is 0 Å². The highest BCUT2D eigenvalue weighted by atomic mass is 16.5. The van der Waals surface area contributed by atoms with E-state index in [1.807, 2.05) is 0 Å². The van der Waals surface area contributed by atoms with E-state index < -0.39 is 0 Å². The summed E-state index contributed by atoms with van der Waals surface area (Å²) in [7, 11) is 1.55. The average molecular weight is 187 g/mol. The summed E-state index contributed by atoms with van der Waals surface area (Å²) in [5.41, 5.74) is 5.46. The zero-order chi connectivity index (χ0) is 10.1. The minimum absolute atomic E-state index is 0.193. The highest BCUT2D eigenvalue weighted by Crippen LogP contribution is 2.14. The van der Waals surface area contributed by atoms with Gasteiger partial charge in [-0.05, 0) is 25.3 Å². The number of nitrogens with two attached hydrogens (primary N) is 1. The van der Waals surface area contributed by atoms with Gasteiger partial charge in [0.25, 0.3) is 0 Å². The maximum absolute atomic E-state index is 11.1. The first kappa shape index (κ1) is 12.6. The van der Waals surface area contributed by atoms with Gasteiger partial charge in [-0.25, -0.2) is 0 Å². The molecular formula is C10H21NO2. The first-order chi connectivity index (χ1) is 6.24. The van der Waals surface area contributed by atoms with Crippen LogP contribution in [0.1, 0.15) is 32.6 Å². The highest BCUT2D eigenvalue weighted by molar-refractivity contribution is 5.79. The lowest BCUT2D eigenvalue weighted by atomic mass is 9.96. The van der Waals surface area contributed by atoms with Crippen LogP contribution in [0, 0.1) is 5.92 Å². The molecule has 1 atom stereocenters. The molecule has 0 bridgehead atoms. The maximum Gasteiger partial charge on any atom is 0.158 e. The Bertz CT molecular complexity index is 137. The van der Waals surface area contributed by atoms with E-state index in [0.717, 1.165) is 25.8 Å². The first-order valence-electron chi connectivity index (χ1n) is 4.95. The van der Waals surface area contributed by atoms with Gasteiger partial charge in [0, 0.05) is 13.5 Å². The molecule has 0 fully saturated rings. The summed E-state index contributed by atoms with van der Waals surface area (Å²) >= 11 is 0. The molecule has 13 heavy (non-hydrogen) atoms. The van der Waals surface area contributed by atoms with E-state index in [-0.39, 0.29) is 12.4 Å². The molecule has 0 aliphatic carbocycles. The number of carbonyl (C=O) groups excluding carboxylic acids is 1. The van der Waals surface area contributed by atoms with E-state index in [2.05, 4.69) is 6.92 Å². The van der Waals surface area contributed by atoms with Crippen molar-refractivity contribution in [1.82, 2.24) is 0 Å². The largest absolute Gasteiger partial charge is 0.377 e. The van der Waals surface area contributed by atoms with Crippen LogP contribution in [0.3, 0.4) is 0 Å². The Hall–Kier alpha value is -0.410. The lowest BCUT2D eigenvalue weighted by Gasteiger charge is -2.12. The van der Waals surface area contributed by atoms with Crippen molar-refractivity contribution < 1.29 is 9.53 Å². The molecule has 0 aliphatic heterocycles. The van der Waals surface area contributed by atoms with Crippen LogP contribution in [0.25, 0.3) is 0 Å². The molecule has 78 valence electrons. The predicted molar refractivity (Wildman–Crippen MR) is 53.6 cm³/mol. The molecule has 0 amide bonds. The first-order valence-corrected chi connectivity index (χ1v) is 4.95. The van der Waals surface area contributed by atoms with Crippen LogP contribution in [0.2, 0.25) is 0 Å². The molecule has 1 unspecified atom stereocenters. The van der Waals surface area contributed by atoms with Crippen LogP contribution < -0.4 is 5.73 Å². The standard InChI is InChI=1S/C10H21NO2/c1-3-9(6-7-11)4-5-10(12)8-13-2/h9H,3-8,11H2,1-2H3. The maximum atomic E-state index is 11.1. The van der Waals surface area contributed by atoms with Crippen LogP contribution in [-0.2, 0) is 9.53 Å². The zero-order valence-electron chi connectivity index (χ0n) is 8.71. The average Bonchev–Trinajstić information content (AvgIpc) is 2.12. The summed E-state index contributed by atoms with van der Waals surface area (Å²) in [6.45, 7) is 3.11. The van der Waals surface area contributed by atoms with Crippen molar-refractivity contribution in [2.24, 2.45) is 11.7 Å². The summed E-state index contributed by atoms with van der Waals surface area (Å²) in [6.07, 6.45) is 3.72. The van der Waals surface area contributed by atoms with Gasteiger partial charge in [-0.2, -0.15) is 0 Å². The number of hydrogen-bond acceptors (Lipinski definition) is 3. The topological polar surface area (TPSA) is 52.3 Å². The van der Waals surface area contributed by atoms with Gasteiger partial charge in [-0.15, -0.1) is 0 Å². The molecule has 0 spiro atoms. The summed E-state index contributed by atoms with van der Waals surface area (Å²) in [5, 5.41) is 0. The van der Waals surface area contributed by atoms with Gasteiger partial charge in [-0.1, -0.05) is 13.3 Å². The van der Waals surface area contributed by atoms with Crippen molar-refractivity contribution in [3.63, 3.8) is 0 Å². The molecule has 3 nitrogen and oxygen atoms in total. The number of ether oxygens (including phenoxy) is 1. The van der Waals surface area contributed by atoms with Crippen LogP contribution >= 0.6 is 0 Å². The molecule has 0 saturated carbocycles. The quantitative estimate of drug-likeness (QED) is 0.624. The molecule has 0 aromatic heterocycles. The third kappa shape index (κ3) is 6.72. The van der Waals surface area contributed by atoms with Crippen LogP contribution in [0.5, 0.6) is 0 Å². The molecule has 0 rings (SSSR count). The minimum Gasteiger partial charge on any atom is -0.377 e. The van der Waals surface area contributed by atoms with Gasteiger partial charge in [0.2, 0.25) is 0 Å². The van der Waals surface area contributed by atoms with E-state index in [1.165, 1.54) is 0 Å². The fourth-order valence-electron chi connectivity index (χ4n) is 1.39. The fraction of sp³-hybridized carbons (Fsp3) is 0.900. The summed E-state index contributed by atoms with van der Waals surface area (Å²) in [4.78, 5) is 11.1. The van der Waals surface area contributed by atoms with Crippen LogP contribution in [0.4, 0.5) is 0 Å². The van der Waals surface area contributed by atoms with Gasteiger partial charge in [-0.3, -0.25) is 4.79 Å². The predicted octanol–water partition coefficient (Wildman–Crippen LogP) is 1.36. The van der Waals surface area contributed by atoms with Crippen LogP contribution in [0.15, 0.2) is 0 Å². The molecule has 0 radical (unpaired) electrons. The van der Waals surface area contributed by atoms with Crippen molar-refractivity contribution in [3.8, 4) is 0 Å². The Morgan fingerprint density at radius 1 is 1.46 bits per heavy atom. The molecule has 2 N–H and O–H groups in total. The molecule has 3 heteroatoms. The minimum atomic E-state index is 0.193. The SMILES string of the molecule is CCC(CCN)CCC(=O)COC. The second kappa shape index (κ2) is 8.20. The number of ketones is 1. The molecule has 0 aromatic carbocycles. The Balaban J connectivity index is 3.52. The lowest BCUT2D eigenvalue weighted by molar-refractivity contribution is -0.122. The van der Waals surface area contributed by atoms with Gasteiger partial charge in [0.1, 0.15) is 6.61 Å². The lowest BCUT2D eigenvalue weighted by Crippen LogP contribution is -2.12. The third-order valence-electron chi connectivity index (χ3n) is 2.29. The second-order valence-corrected chi connectivity index (χ2v) is 3.36. The number of Topliss-reactive ketones (excluding diaryl/α,β-unsaturated/α-hetero) is 1. The third-order valence-corrected chi connectivity index (χ3v) is 2.29. The molecular weight excluding hydrogens is 166 g/mol. The molecule has 0 aliphatic rings. The monoisotopic (exact) mass is 187 g/mol. The van der Waals surface area contributed by atoms with E-state index in [4.69, 9.17) is 10.5 Å². The Labute approximate surface area is 80.6 Å². The number of carbonyl (C=O) groups is 1. The van der Waals surface area contributed by atoms with E-state index in [0.29, 0.717) is 12.3 Å². The van der Waals surface area contributed by atoms with E-state index in [1.54, 1.807) is 7.11 Å². The van der Waals surface area contributed by atoms with E-state index >= 15 is 0 Å². The number of rotatable bonds is 8. The molecule has 0 aromatic rings. The van der Waals surface area contributed by atoms with Crippen molar-refractivity contribution in [3.05, 3.63) is 0 Å². The van der Waals surface area contributed by atoms with Crippen molar-refractivity contribution >= 4 is 5.78 Å². The van der Waals surface area contributed by atoms with Crippen LogP contribution in [-0.4, -0.2) is 26.0 Å². The number of hydrogen-bond donors (Lipinski definition) is 1. The van der Waals surface area contributed by atoms with Gasteiger partial charge < -0.3 is 10.5 Å². The summed E-state index contributed by atoms with van der Waals surface area (Å²) in [6, 6.07) is 0.